The maximum Gasteiger partial charge on any atom is 0.238 e. The van der Waals surface area contributed by atoms with Crippen molar-refractivity contribution in [1.82, 2.24) is 4.90 Å². The third-order valence-electron chi connectivity index (χ3n) is 4.33. The number of halogens is 1. The number of amides is 2. The first kappa shape index (κ1) is 20.9. The van der Waals surface area contributed by atoms with Gasteiger partial charge in [0.1, 0.15) is 0 Å². The number of carbonyl (C=O) groups is 2. The molecule has 0 fully saturated rings. The molecule has 2 N–H and O–H groups in total. The number of nitrogens with one attached hydrogen (secondary N) is 2. The van der Waals surface area contributed by atoms with Crippen molar-refractivity contribution in [2.75, 3.05) is 30.3 Å². The number of carbonyl (C=O) groups excluding carboxylic acids is 2. The lowest BCUT2D eigenvalue weighted by atomic mass is 10.1. The summed E-state index contributed by atoms with van der Waals surface area (Å²) in [6, 6.07) is 13.1. The molecule has 2 aromatic carbocycles. The second-order valence-electron chi connectivity index (χ2n) is 6.37. The second-order valence-corrected chi connectivity index (χ2v) is 6.81. The Balaban J connectivity index is 1.93. The normalized spacial score (nSPS) is 10.7. The van der Waals surface area contributed by atoms with Crippen molar-refractivity contribution in [1.29, 1.82) is 0 Å². The Morgan fingerprint density at radius 3 is 2.22 bits per heavy atom. The molecule has 144 valence electrons. The molecular weight excluding hydrogens is 362 g/mol. The highest BCUT2D eigenvalue weighted by atomic mass is 35.5. The highest BCUT2D eigenvalue weighted by Gasteiger charge is 2.15. The van der Waals surface area contributed by atoms with E-state index < -0.39 is 0 Å². The molecule has 0 saturated carbocycles. The zero-order valence-electron chi connectivity index (χ0n) is 16.0. The summed E-state index contributed by atoms with van der Waals surface area (Å²) in [6.45, 7) is 6.74. The number of nitrogens with zero attached hydrogens (tertiary/aromatic N) is 1. The molecule has 0 atom stereocenters. The fraction of sp³-hybridized carbons (Fsp3) is 0.333. The first-order valence-corrected chi connectivity index (χ1v) is 9.46. The Labute approximate surface area is 165 Å². The van der Waals surface area contributed by atoms with Crippen LogP contribution in [0.25, 0.3) is 0 Å². The zero-order chi connectivity index (χ0) is 19.8. The van der Waals surface area contributed by atoms with Crippen LogP contribution >= 0.6 is 11.6 Å². The van der Waals surface area contributed by atoms with Gasteiger partial charge in [-0.2, -0.15) is 0 Å². The zero-order valence-corrected chi connectivity index (χ0v) is 16.8. The highest BCUT2D eigenvalue weighted by Crippen LogP contribution is 2.20. The molecule has 0 unspecified atom stereocenters. The number of rotatable bonds is 8. The van der Waals surface area contributed by atoms with Crippen molar-refractivity contribution in [3.63, 3.8) is 0 Å². The molecule has 0 aromatic heterocycles. The van der Waals surface area contributed by atoms with E-state index >= 15 is 0 Å². The SMILES string of the molecule is CCc1ccccc1NC(=O)CN(CC)CC(=O)Nc1cc(Cl)ccc1C. The van der Waals surface area contributed by atoms with E-state index in [-0.39, 0.29) is 24.9 Å². The van der Waals surface area contributed by atoms with E-state index in [1.165, 1.54) is 0 Å². The van der Waals surface area contributed by atoms with E-state index in [0.717, 1.165) is 23.2 Å². The summed E-state index contributed by atoms with van der Waals surface area (Å²) in [5.74, 6) is -0.312. The Morgan fingerprint density at radius 2 is 1.59 bits per heavy atom. The van der Waals surface area contributed by atoms with Gasteiger partial charge in [0.15, 0.2) is 0 Å². The molecule has 0 spiro atoms. The number of likely N-dealkylation sites (N-methyl/N-ethyl adjacent to an activating group) is 1. The van der Waals surface area contributed by atoms with Crippen LogP contribution in [0.15, 0.2) is 42.5 Å². The monoisotopic (exact) mass is 387 g/mol. The van der Waals surface area contributed by atoms with Gasteiger partial charge in [-0.05, 0) is 49.2 Å². The molecule has 2 amide bonds. The average Bonchev–Trinajstić information content (AvgIpc) is 2.64. The summed E-state index contributed by atoms with van der Waals surface area (Å²) in [6.07, 6.45) is 0.843. The van der Waals surface area contributed by atoms with Crippen LogP contribution in [0.5, 0.6) is 0 Å². The number of anilines is 2. The van der Waals surface area contributed by atoms with Gasteiger partial charge in [0.2, 0.25) is 11.8 Å². The topological polar surface area (TPSA) is 61.4 Å². The van der Waals surface area contributed by atoms with Crippen molar-refractivity contribution in [2.45, 2.75) is 27.2 Å². The van der Waals surface area contributed by atoms with Crippen molar-refractivity contribution in [3.05, 3.63) is 58.6 Å². The van der Waals surface area contributed by atoms with Gasteiger partial charge in [-0.3, -0.25) is 14.5 Å². The summed E-state index contributed by atoms with van der Waals surface area (Å²) in [4.78, 5) is 26.5. The standard InChI is InChI=1S/C21H26ClN3O2/c1-4-16-8-6-7-9-18(16)23-20(26)13-25(5-2)14-21(27)24-19-12-17(22)11-10-15(19)3/h6-12H,4-5,13-14H2,1-3H3,(H,23,26)(H,24,27). The molecule has 2 rings (SSSR count). The maximum atomic E-state index is 12.4. The van der Waals surface area contributed by atoms with Gasteiger partial charge in [0.05, 0.1) is 13.1 Å². The van der Waals surface area contributed by atoms with Gasteiger partial charge >= 0.3 is 0 Å². The van der Waals surface area contributed by atoms with Gasteiger partial charge < -0.3 is 10.6 Å². The van der Waals surface area contributed by atoms with Gasteiger partial charge in [0, 0.05) is 16.4 Å². The van der Waals surface area contributed by atoms with E-state index in [0.29, 0.717) is 17.3 Å². The number of aryl methyl sites for hydroxylation is 2. The van der Waals surface area contributed by atoms with E-state index in [1.807, 2.05) is 51.1 Å². The largest absolute Gasteiger partial charge is 0.325 e. The van der Waals surface area contributed by atoms with Crippen LogP contribution < -0.4 is 10.6 Å². The average molecular weight is 388 g/mol. The lowest BCUT2D eigenvalue weighted by Crippen LogP contribution is -2.38. The molecule has 2 aromatic rings. The minimum absolute atomic E-state index is 0.130. The van der Waals surface area contributed by atoms with Crippen LogP contribution in [0.4, 0.5) is 11.4 Å². The molecule has 27 heavy (non-hydrogen) atoms. The molecule has 6 heteroatoms. The van der Waals surface area contributed by atoms with Crippen LogP contribution in [-0.2, 0) is 16.0 Å². The maximum absolute atomic E-state index is 12.4. The van der Waals surface area contributed by atoms with Gasteiger partial charge in [-0.1, -0.05) is 49.7 Å². The smallest absolute Gasteiger partial charge is 0.238 e. The first-order valence-electron chi connectivity index (χ1n) is 9.09. The summed E-state index contributed by atoms with van der Waals surface area (Å²) in [7, 11) is 0. The Hall–Kier alpha value is -2.37. The van der Waals surface area contributed by atoms with Crippen molar-refractivity contribution in [3.8, 4) is 0 Å². The molecule has 5 nitrogen and oxygen atoms in total. The lowest BCUT2D eigenvalue weighted by molar-refractivity contribution is -0.119. The summed E-state index contributed by atoms with van der Waals surface area (Å²) < 4.78 is 0. The Bertz CT molecular complexity index is 808. The van der Waals surface area contributed by atoms with E-state index in [2.05, 4.69) is 10.6 Å². The van der Waals surface area contributed by atoms with Crippen LogP contribution in [0.1, 0.15) is 25.0 Å². The third-order valence-corrected chi connectivity index (χ3v) is 4.56. The van der Waals surface area contributed by atoms with Crippen LogP contribution in [0.3, 0.4) is 0 Å². The van der Waals surface area contributed by atoms with Crippen LogP contribution in [0.2, 0.25) is 5.02 Å². The molecule has 0 aliphatic carbocycles. The van der Waals surface area contributed by atoms with Crippen LogP contribution in [-0.4, -0.2) is 36.3 Å². The van der Waals surface area contributed by atoms with Crippen molar-refractivity contribution in [2.24, 2.45) is 0 Å². The van der Waals surface area contributed by atoms with Gasteiger partial charge in [-0.25, -0.2) is 0 Å². The quantitative estimate of drug-likeness (QED) is 0.716. The van der Waals surface area contributed by atoms with E-state index in [1.54, 1.807) is 17.0 Å². The van der Waals surface area contributed by atoms with Gasteiger partial charge in [0.25, 0.3) is 0 Å². The number of hydrogen-bond acceptors (Lipinski definition) is 3. The molecule has 0 aliphatic heterocycles. The minimum Gasteiger partial charge on any atom is -0.325 e. The summed E-state index contributed by atoms with van der Waals surface area (Å²) >= 11 is 5.99. The van der Waals surface area contributed by atoms with Gasteiger partial charge in [-0.15, -0.1) is 0 Å². The number of para-hydroxylation sites is 1. The fourth-order valence-electron chi connectivity index (χ4n) is 2.74. The third kappa shape index (κ3) is 6.38. The minimum atomic E-state index is -0.177. The van der Waals surface area contributed by atoms with E-state index in [4.69, 9.17) is 11.6 Å². The Morgan fingerprint density at radius 1 is 0.963 bits per heavy atom. The number of hydrogen-bond donors (Lipinski definition) is 2. The van der Waals surface area contributed by atoms with Crippen LogP contribution in [0, 0.1) is 6.92 Å². The fourth-order valence-corrected chi connectivity index (χ4v) is 2.92. The second kappa shape index (κ2) is 10.1. The van der Waals surface area contributed by atoms with Crippen molar-refractivity contribution < 1.29 is 9.59 Å². The molecule has 0 saturated heterocycles. The predicted molar refractivity (Wildman–Crippen MR) is 111 cm³/mol. The number of benzene rings is 2. The molecule has 0 heterocycles. The highest BCUT2D eigenvalue weighted by molar-refractivity contribution is 6.31. The van der Waals surface area contributed by atoms with E-state index in [9.17, 15) is 9.59 Å². The molecular formula is C21H26ClN3O2. The molecule has 0 bridgehead atoms. The first-order chi connectivity index (χ1) is 12.9. The summed E-state index contributed by atoms with van der Waals surface area (Å²) in [5, 5.41) is 6.36. The lowest BCUT2D eigenvalue weighted by Gasteiger charge is -2.20. The predicted octanol–water partition coefficient (Wildman–Crippen LogP) is 4.11. The Kier molecular flexibility index (Phi) is 7.82. The molecule has 0 radical (unpaired) electrons. The summed E-state index contributed by atoms with van der Waals surface area (Å²) in [5.41, 5.74) is 3.53. The molecule has 0 aliphatic rings. The van der Waals surface area contributed by atoms with Crippen molar-refractivity contribution >= 4 is 34.8 Å².